The summed E-state index contributed by atoms with van der Waals surface area (Å²) in [4.78, 5) is 0. The Bertz CT molecular complexity index is 611. The summed E-state index contributed by atoms with van der Waals surface area (Å²) in [7, 11) is -3.55. The predicted molar refractivity (Wildman–Crippen MR) is 65.8 cm³/mol. The van der Waals surface area contributed by atoms with Crippen molar-refractivity contribution in [2.24, 2.45) is 0 Å². The highest BCUT2D eigenvalue weighted by Crippen LogP contribution is 2.11. The van der Waals surface area contributed by atoms with Crippen LogP contribution < -0.4 is 9.46 Å². The Morgan fingerprint density at radius 1 is 1.26 bits per heavy atom. The molecule has 0 spiro atoms. The maximum Gasteiger partial charge on any atom is 0.237 e. The zero-order chi connectivity index (χ0) is 13.7. The van der Waals surface area contributed by atoms with Gasteiger partial charge in [-0.3, -0.25) is 4.72 Å². The van der Waals surface area contributed by atoms with Crippen LogP contribution in [-0.4, -0.2) is 25.9 Å². The Kier molecular flexibility index (Phi) is 4.00. The topological polar surface area (TPSA) is 81.4 Å². The van der Waals surface area contributed by atoms with Gasteiger partial charge >= 0.3 is 0 Å². The van der Waals surface area contributed by atoms with Gasteiger partial charge in [0.05, 0.1) is 0 Å². The minimum absolute atomic E-state index is 0.0567. The van der Waals surface area contributed by atoms with Crippen molar-refractivity contribution in [2.75, 3.05) is 17.1 Å². The van der Waals surface area contributed by atoms with Crippen molar-refractivity contribution in [2.45, 2.75) is 0 Å². The maximum absolute atomic E-state index is 12.6. The van der Waals surface area contributed by atoms with Crippen LogP contribution in [0.5, 0.6) is 5.75 Å². The van der Waals surface area contributed by atoms with E-state index < -0.39 is 10.0 Å². The van der Waals surface area contributed by atoms with Crippen molar-refractivity contribution >= 4 is 15.8 Å². The van der Waals surface area contributed by atoms with E-state index in [1.165, 1.54) is 36.6 Å². The number of sulfonamides is 1. The van der Waals surface area contributed by atoms with E-state index in [1.807, 2.05) is 0 Å². The largest absolute Gasteiger partial charge is 0.492 e. The molecule has 0 saturated carbocycles. The molecule has 0 unspecified atom stereocenters. The van der Waals surface area contributed by atoms with Crippen LogP contribution in [-0.2, 0) is 10.0 Å². The lowest BCUT2D eigenvalue weighted by Gasteiger charge is -2.07. The fraction of sp³-hybridized carbons (Fsp3) is 0.182. The molecule has 0 aliphatic carbocycles. The van der Waals surface area contributed by atoms with E-state index in [1.54, 1.807) is 0 Å². The lowest BCUT2D eigenvalue weighted by Crippen LogP contribution is -2.21. The SMILES string of the molecule is O=S(=O)(CCOc1ccc(F)cc1)Nc1ccon1. The van der Waals surface area contributed by atoms with Crippen LogP contribution in [0.25, 0.3) is 0 Å². The van der Waals surface area contributed by atoms with Crippen molar-refractivity contribution in [3.05, 3.63) is 42.4 Å². The predicted octanol–water partition coefficient (Wildman–Crippen LogP) is 1.63. The average molecular weight is 286 g/mol. The Morgan fingerprint density at radius 3 is 2.63 bits per heavy atom. The molecule has 1 aromatic heterocycles. The fourth-order valence-electron chi connectivity index (χ4n) is 1.28. The average Bonchev–Trinajstić information content (AvgIpc) is 2.83. The van der Waals surface area contributed by atoms with E-state index >= 15 is 0 Å². The molecule has 0 amide bonds. The molecule has 1 heterocycles. The number of halogens is 1. The van der Waals surface area contributed by atoms with Crippen LogP contribution in [0.2, 0.25) is 0 Å². The third-order valence-corrected chi connectivity index (χ3v) is 3.36. The molecule has 0 aliphatic rings. The van der Waals surface area contributed by atoms with E-state index in [9.17, 15) is 12.8 Å². The van der Waals surface area contributed by atoms with E-state index in [4.69, 9.17) is 4.74 Å². The summed E-state index contributed by atoms with van der Waals surface area (Å²) >= 11 is 0. The standard InChI is InChI=1S/C11H11FN2O4S/c12-9-1-3-10(4-2-9)17-7-8-19(15,16)14-11-5-6-18-13-11/h1-6H,7-8H2,(H,13,14). The quantitative estimate of drug-likeness (QED) is 0.873. The summed E-state index contributed by atoms with van der Waals surface area (Å²) in [6.45, 7) is -0.0567. The molecule has 0 saturated heterocycles. The lowest BCUT2D eigenvalue weighted by atomic mass is 10.3. The first-order valence-electron chi connectivity index (χ1n) is 5.34. The van der Waals surface area contributed by atoms with Gasteiger partial charge in [-0.05, 0) is 24.3 Å². The monoisotopic (exact) mass is 286 g/mol. The number of benzene rings is 1. The highest BCUT2D eigenvalue weighted by molar-refractivity contribution is 7.92. The number of aromatic nitrogens is 1. The summed E-state index contributed by atoms with van der Waals surface area (Å²) in [5.41, 5.74) is 0. The van der Waals surface area contributed by atoms with E-state index in [-0.39, 0.29) is 24.0 Å². The first-order chi connectivity index (χ1) is 9.05. The summed E-state index contributed by atoms with van der Waals surface area (Å²) in [5, 5.41) is 3.43. The van der Waals surface area contributed by atoms with E-state index in [2.05, 4.69) is 14.4 Å². The Labute approximate surface area is 109 Å². The highest BCUT2D eigenvalue weighted by atomic mass is 32.2. The first-order valence-corrected chi connectivity index (χ1v) is 7.00. The van der Waals surface area contributed by atoms with E-state index in [0.717, 1.165) is 0 Å². The molecule has 0 fully saturated rings. The number of nitrogens with zero attached hydrogens (tertiary/aromatic N) is 1. The summed E-state index contributed by atoms with van der Waals surface area (Å²) in [6.07, 6.45) is 1.26. The van der Waals surface area contributed by atoms with Gasteiger partial charge in [-0.2, -0.15) is 0 Å². The summed E-state index contributed by atoms with van der Waals surface area (Å²) in [6, 6.07) is 6.70. The third-order valence-electron chi connectivity index (χ3n) is 2.13. The highest BCUT2D eigenvalue weighted by Gasteiger charge is 2.12. The second-order valence-corrected chi connectivity index (χ2v) is 5.45. The molecular formula is C11H11FN2O4S. The fourth-order valence-corrected chi connectivity index (χ4v) is 2.10. The Hall–Kier alpha value is -2.09. The second-order valence-electron chi connectivity index (χ2n) is 3.61. The molecule has 1 aromatic carbocycles. The normalized spacial score (nSPS) is 11.2. The summed E-state index contributed by atoms with van der Waals surface area (Å²) < 4.78 is 47.8. The number of hydrogen-bond donors (Lipinski definition) is 1. The zero-order valence-corrected chi connectivity index (χ0v) is 10.6. The van der Waals surface area contributed by atoms with Gasteiger partial charge < -0.3 is 9.26 Å². The molecular weight excluding hydrogens is 275 g/mol. The molecule has 2 rings (SSSR count). The van der Waals surface area contributed by atoms with Crippen molar-refractivity contribution < 1.29 is 22.1 Å². The lowest BCUT2D eigenvalue weighted by molar-refractivity contribution is 0.340. The van der Waals surface area contributed by atoms with Gasteiger partial charge in [0.15, 0.2) is 5.82 Å². The van der Waals surface area contributed by atoms with Gasteiger partial charge in [0, 0.05) is 6.07 Å². The van der Waals surface area contributed by atoms with Crippen LogP contribution in [0.4, 0.5) is 10.2 Å². The molecule has 2 aromatic rings. The van der Waals surface area contributed by atoms with Gasteiger partial charge in [-0.15, -0.1) is 0 Å². The van der Waals surface area contributed by atoms with Crippen LogP contribution in [0, 0.1) is 5.82 Å². The molecule has 102 valence electrons. The van der Waals surface area contributed by atoms with Crippen LogP contribution >= 0.6 is 0 Å². The second kappa shape index (κ2) is 5.70. The number of hydrogen-bond acceptors (Lipinski definition) is 5. The molecule has 0 atom stereocenters. The molecule has 0 bridgehead atoms. The number of rotatable bonds is 6. The smallest absolute Gasteiger partial charge is 0.237 e. The van der Waals surface area contributed by atoms with Crippen LogP contribution in [0.3, 0.4) is 0 Å². The summed E-state index contributed by atoms with van der Waals surface area (Å²) in [5.74, 6) is -0.121. The molecule has 0 aliphatic heterocycles. The number of ether oxygens (including phenoxy) is 1. The zero-order valence-electron chi connectivity index (χ0n) is 9.74. The molecule has 6 nitrogen and oxygen atoms in total. The first kappa shape index (κ1) is 13.3. The van der Waals surface area contributed by atoms with Crippen molar-refractivity contribution in [3.63, 3.8) is 0 Å². The van der Waals surface area contributed by atoms with Gasteiger partial charge in [-0.1, -0.05) is 5.16 Å². The van der Waals surface area contributed by atoms with Gasteiger partial charge in [0.25, 0.3) is 0 Å². The Balaban J connectivity index is 1.83. The van der Waals surface area contributed by atoms with Crippen LogP contribution in [0.15, 0.2) is 41.1 Å². The van der Waals surface area contributed by atoms with Gasteiger partial charge in [0.1, 0.15) is 30.2 Å². The molecule has 8 heteroatoms. The van der Waals surface area contributed by atoms with Gasteiger partial charge in [0.2, 0.25) is 10.0 Å². The number of nitrogens with one attached hydrogen (secondary N) is 1. The number of anilines is 1. The van der Waals surface area contributed by atoms with Crippen molar-refractivity contribution in [1.82, 2.24) is 5.16 Å². The maximum atomic E-state index is 12.6. The van der Waals surface area contributed by atoms with Crippen molar-refractivity contribution in [1.29, 1.82) is 0 Å². The molecule has 0 radical (unpaired) electrons. The Morgan fingerprint density at radius 2 is 2.00 bits per heavy atom. The minimum Gasteiger partial charge on any atom is -0.492 e. The van der Waals surface area contributed by atoms with Gasteiger partial charge in [-0.25, -0.2) is 12.8 Å². The van der Waals surface area contributed by atoms with Crippen LogP contribution in [0.1, 0.15) is 0 Å². The molecule has 19 heavy (non-hydrogen) atoms. The minimum atomic E-state index is -3.55. The third kappa shape index (κ3) is 4.25. The molecule has 1 N–H and O–H groups in total. The van der Waals surface area contributed by atoms with E-state index in [0.29, 0.717) is 5.75 Å². The van der Waals surface area contributed by atoms with Crippen molar-refractivity contribution in [3.8, 4) is 5.75 Å².